The lowest BCUT2D eigenvalue weighted by Crippen LogP contribution is -2.42. The zero-order valence-corrected chi connectivity index (χ0v) is 12.8. The Balaban J connectivity index is 2.63. The van der Waals surface area contributed by atoms with Gasteiger partial charge in [0.15, 0.2) is 9.84 Å². The van der Waals surface area contributed by atoms with E-state index in [1.54, 1.807) is 13.8 Å². The Labute approximate surface area is 112 Å². The Hall–Kier alpha value is -0.100. The lowest BCUT2D eigenvalue weighted by Gasteiger charge is -2.25. The van der Waals surface area contributed by atoms with Crippen LogP contribution >= 0.6 is 22.9 Å². The van der Waals surface area contributed by atoms with Crippen molar-refractivity contribution in [1.29, 1.82) is 0 Å². The molecule has 0 aliphatic heterocycles. The first-order valence-corrected chi connectivity index (χ1v) is 8.40. The molecule has 0 bridgehead atoms. The Bertz CT molecular complexity index is 479. The van der Waals surface area contributed by atoms with Crippen LogP contribution in [0.2, 0.25) is 4.34 Å². The lowest BCUT2D eigenvalue weighted by atomic mass is 10.2. The van der Waals surface area contributed by atoms with Gasteiger partial charge in [-0.25, -0.2) is 8.42 Å². The van der Waals surface area contributed by atoms with Gasteiger partial charge in [-0.3, -0.25) is 0 Å². The summed E-state index contributed by atoms with van der Waals surface area (Å²) in [7, 11) is -3.06. The van der Waals surface area contributed by atoms with Crippen molar-refractivity contribution >= 4 is 32.8 Å². The average Bonchev–Trinajstić information content (AvgIpc) is 2.59. The highest BCUT2D eigenvalue weighted by molar-refractivity contribution is 7.92. The molecule has 0 spiro atoms. The molecule has 1 rings (SSSR count). The summed E-state index contributed by atoms with van der Waals surface area (Å²) in [5, 5.41) is 3.23. The normalized spacial score (nSPS) is 14.9. The molecule has 1 atom stereocenters. The zero-order valence-electron chi connectivity index (χ0n) is 10.5. The van der Waals surface area contributed by atoms with Crippen LogP contribution in [0, 0.1) is 0 Å². The number of hydrogen-bond donors (Lipinski definition) is 1. The van der Waals surface area contributed by atoms with E-state index in [0.29, 0.717) is 6.54 Å². The molecule has 0 radical (unpaired) electrons. The first kappa shape index (κ1) is 15.0. The van der Waals surface area contributed by atoms with Gasteiger partial charge in [0.1, 0.15) is 0 Å². The second-order valence-corrected chi connectivity index (χ2v) is 9.17. The summed E-state index contributed by atoms with van der Waals surface area (Å²) in [6.45, 7) is 5.87. The third-order valence-electron chi connectivity index (χ3n) is 2.86. The maximum absolute atomic E-state index is 11.5. The van der Waals surface area contributed by atoms with Crippen molar-refractivity contribution in [2.45, 2.75) is 31.6 Å². The maximum Gasteiger partial charge on any atom is 0.153 e. The summed E-state index contributed by atoms with van der Waals surface area (Å²) in [5.41, 5.74) is 0. The Kier molecular flexibility index (Phi) is 4.63. The molecule has 0 aliphatic carbocycles. The molecule has 1 heterocycles. The summed E-state index contributed by atoms with van der Waals surface area (Å²) in [4.78, 5) is 1.11. The lowest BCUT2D eigenvalue weighted by molar-refractivity contribution is 0.492. The van der Waals surface area contributed by atoms with Crippen molar-refractivity contribution in [1.82, 2.24) is 5.32 Å². The predicted octanol–water partition coefficient (Wildman–Crippen LogP) is 2.88. The molecule has 17 heavy (non-hydrogen) atoms. The van der Waals surface area contributed by atoms with E-state index in [1.165, 1.54) is 17.6 Å². The Morgan fingerprint density at radius 3 is 2.47 bits per heavy atom. The third-order valence-corrected chi connectivity index (χ3v) is 6.42. The van der Waals surface area contributed by atoms with Gasteiger partial charge >= 0.3 is 0 Å². The summed E-state index contributed by atoms with van der Waals surface area (Å²) < 4.78 is 23.1. The molecule has 98 valence electrons. The molecule has 1 aromatic heterocycles. The molecule has 0 saturated carbocycles. The molecule has 1 aromatic rings. The van der Waals surface area contributed by atoms with E-state index >= 15 is 0 Å². The molecule has 3 nitrogen and oxygen atoms in total. The van der Waals surface area contributed by atoms with Gasteiger partial charge in [0.25, 0.3) is 0 Å². The van der Waals surface area contributed by atoms with Crippen LogP contribution in [0.25, 0.3) is 0 Å². The highest BCUT2D eigenvalue weighted by Gasteiger charge is 2.30. The number of halogens is 1. The maximum atomic E-state index is 11.5. The molecule has 0 saturated heterocycles. The zero-order chi connectivity index (χ0) is 13.3. The van der Waals surface area contributed by atoms with Crippen LogP contribution in [0.5, 0.6) is 0 Å². The van der Waals surface area contributed by atoms with Crippen LogP contribution in [0.15, 0.2) is 12.1 Å². The molecular weight excluding hydrogens is 278 g/mol. The smallest absolute Gasteiger partial charge is 0.153 e. The van der Waals surface area contributed by atoms with E-state index in [4.69, 9.17) is 11.6 Å². The number of rotatable bonds is 5. The van der Waals surface area contributed by atoms with Gasteiger partial charge in [-0.2, -0.15) is 0 Å². The van der Waals surface area contributed by atoms with Crippen molar-refractivity contribution in [2.24, 2.45) is 0 Å². The van der Waals surface area contributed by atoms with E-state index < -0.39 is 14.6 Å². The van der Waals surface area contributed by atoms with Crippen molar-refractivity contribution in [2.75, 3.05) is 12.8 Å². The fraction of sp³-hybridized carbons (Fsp3) is 0.636. The van der Waals surface area contributed by atoms with Gasteiger partial charge in [0.2, 0.25) is 0 Å². The molecule has 0 aromatic carbocycles. The quantitative estimate of drug-likeness (QED) is 0.908. The second kappa shape index (κ2) is 5.26. The highest BCUT2D eigenvalue weighted by Crippen LogP contribution is 2.27. The standard InChI is InChI=1S/C11H18ClNO2S2/c1-8(9-5-6-10(12)16-9)13-7-11(2,3)17(4,14)15/h5-6,8,13H,7H2,1-4H3. The number of nitrogens with one attached hydrogen (secondary N) is 1. The first-order valence-electron chi connectivity index (χ1n) is 5.32. The highest BCUT2D eigenvalue weighted by atomic mass is 35.5. The van der Waals surface area contributed by atoms with Crippen molar-refractivity contribution in [3.8, 4) is 0 Å². The first-order chi connectivity index (χ1) is 7.63. The fourth-order valence-electron chi connectivity index (χ4n) is 1.19. The van der Waals surface area contributed by atoms with E-state index in [-0.39, 0.29) is 6.04 Å². The predicted molar refractivity (Wildman–Crippen MR) is 74.7 cm³/mol. The molecule has 1 N–H and O–H groups in total. The van der Waals surface area contributed by atoms with Crippen LogP contribution in [0.3, 0.4) is 0 Å². The Morgan fingerprint density at radius 1 is 1.47 bits per heavy atom. The van der Waals surface area contributed by atoms with Gasteiger partial charge in [0, 0.05) is 23.7 Å². The van der Waals surface area contributed by atoms with Gasteiger partial charge in [-0.05, 0) is 32.9 Å². The van der Waals surface area contributed by atoms with Gasteiger partial charge in [0.05, 0.1) is 9.08 Å². The topological polar surface area (TPSA) is 46.2 Å². The molecular formula is C11H18ClNO2S2. The van der Waals surface area contributed by atoms with Gasteiger partial charge < -0.3 is 5.32 Å². The molecule has 1 unspecified atom stereocenters. The van der Waals surface area contributed by atoms with Crippen molar-refractivity contribution in [3.63, 3.8) is 0 Å². The van der Waals surface area contributed by atoms with E-state index in [1.807, 2.05) is 19.1 Å². The van der Waals surface area contributed by atoms with Crippen LogP contribution in [0.4, 0.5) is 0 Å². The minimum atomic E-state index is -3.06. The molecule has 6 heteroatoms. The second-order valence-electron chi connectivity index (χ2n) is 4.78. The molecule has 0 amide bonds. The summed E-state index contributed by atoms with van der Waals surface area (Å²) in [6.07, 6.45) is 1.27. The van der Waals surface area contributed by atoms with Crippen LogP contribution in [-0.2, 0) is 9.84 Å². The van der Waals surface area contributed by atoms with Crippen molar-refractivity contribution < 1.29 is 8.42 Å². The minimum absolute atomic E-state index is 0.105. The summed E-state index contributed by atoms with van der Waals surface area (Å²) in [6, 6.07) is 3.91. The van der Waals surface area contributed by atoms with E-state index in [9.17, 15) is 8.42 Å². The minimum Gasteiger partial charge on any atom is -0.308 e. The molecule has 0 fully saturated rings. The van der Waals surface area contributed by atoms with E-state index in [0.717, 1.165) is 9.21 Å². The fourth-order valence-corrected chi connectivity index (χ4v) is 2.62. The van der Waals surface area contributed by atoms with Crippen LogP contribution in [0.1, 0.15) is 31.7 Å². The molecule has 0 aliphatic rings. The van der Waals surface area contributed by atoms with Crippen molar-refractivity contribution in [3.05, 3.63) is 21.3 Å². The average molecular weight is 296 g/mol. The third kappa shape index (κ3) is 3.95. The van der Waals surface area contributed by atoms with Crippen LogP contribution < -0.4 is 5.32 Å². The number of sulfone groups is 1. The summed E-state index contributed by atoms with van der Waals surface area (Å²) in [5.74, 6) is 0. The monoisotopic (exact) mass is 295 g/mol. The number of hydrogen-bond acceptors (Lipinski definition) is 4. The van der Waals surface area contributed by atoms with Gasteiger partial charge in [-0.15, -0.1) is 11.3 Å². The van der Waals surface area contributed by atoms with Gasteiger partial charge in [-0.1, -0.05) is 11.6 Å². The van der Waals surface area contributed by atoms with E-state index in [2.05, 4.69) is 5.32 Å². The SMILES string of the molecule is CC(NCC(C)(C)S(C)(=O)=O)c1ccc(Cl)s1. The summed E-state index contributed by atoms with van der Waals surface area (Å²) >= 11 is 7.37. The number of thiophene rings is 1. The largest absolute Gasteiger partial charge is 0.308 e. The Morgan fingerprint density at radius 2 is 2.06 bits per heavy atom. The van der Waals surface area contributed by atoms with Crippen LogP contribution in [-0.4, -0.2) is 26.0 Å².